The van der Waals surface area contributed by atoms with Crippen LogP contribution in [0.1, 0.15) is 17.3 Å². The lowest BCUT2D eigenvalue weighted by Crippen LogP contribution is -2.32. The van der Waals surface area contributed by atoms with Gasteiger partial charge < -0.3 is 15.6 Å². The van der Waals surface area contributed by atoms with E-state index in [0.29, 0.717) is 12.5 Å². The summed E-state index contributed by atoms with van der Waals surface area (Å²) < 4.78 is 0. The minimum absolute atomic E-state index is 0.0110. The average Bonchev–Trinajstić information content (AvgIpc) is 2.84. The van der Waals surface area contributed by atoms with Gasteiger partial charge in [0, 0.05) is 29.2 Å². The quantitative estimate of drug-likeness (QED) is 0.751. The molecule has 0 spiro atoms. The van der Waals surface area contributed by atoms with Crippen molar-refractivity contribution >= 4 is 16.8 Å². The van der Waals surface area contributed by atoms with Crippen LogP contribution in [0.5, 0.6) is 0 Å². The van der Waals surface area contributed by atoms with E-state index in [1.165, 1.54) is 0 Å². The third kappa shape index (κ3) is 2.71. The van der Waals surface area contributed by atoms with E-state index in [2.05, 4.69) is 22.5 Å². The van der Waals surface area contributed by atoms with Gasteiger partial charge in [0.05, 0.1) is 0 Å². The largest absolute Gasteiger partial charge is 0.361 e. The highest BCUT2D eigenvalue weighted by Gasteiger charge is 2.11. The summed E-state index contributed by atoms with van der Waals surface area (Å²) in [5, 5.41) is 7.04. The zero-order chi connectivity index (χ0) is 13.0. The summed E-state index contributed by atoms with van der Waals surface area (Å²) in [6, 6.07) is 7.65. The number of H-pyrrole nitrogens is 1. The lowest BCUT2D eigenvalue weighted by atomic mass is 10.1. The molecule has 2 rings (SSSR count). The summed E-state index contributed by atoms with van der Waals surface area (Å²) in [5.74, 6) is 0.410. The topological polar surface area (TPSA) is 56.9 Å². The molecule has 0 fully saturated rings. The Balaban J connectivity index is 2.07. The SMILES string of the molecule is CNCC(C)CNC(=O)c1cccc2[nH]ccc12. The molecule has 0 radical (unpaired) electrons. The number of aromatic amines is 1. The molecular weight excluding hydrogens is 226 g/mol. The number of hydrogen-bond donors (Lipinski definition) is 3. The predicted molar refractivity (Wildman–Crippen MR) is 73.7 cm³/mol. The molecule has 0 saturated heterocycles. The van der Waals surface area contributed by atoms with Gasteiger partial charge in [0.2, 0.25) is 0 Å². The zero-order valence-electron chi connectivity index (χ0n) is 10.8. The summed E-state index contributed by atoms with van der Waals surface area (Å²) >= 11 is 0. The van der Waals surface area contributed by atoms with Crippen LogP contribution >= 0.6 is 0 Å². The Morgan fingerprint density at radius 3 is 2.94 bits per heavy atom. The highest BCUT2D eigenvalue weighted by atomic mass is 16.1. The minimum Gasteiger partial charge on any atom is -0.361 e. The van der Waals surface area contributed by atoms with E-state index in [1.807, 2.05) is 37.5 Å². The van der Waals surface area contributed by atoms with Crippen LogP contribution in [0.3, 0.4) is 0 Å². The molecule has 1 heterocycles. The molecule has 1 atom stereocenters. The third-order valence-corrected chi connectivity index (χ3v) is 3.00. The van der Waals surface area contributed by atoms with Crippen molar-refractivity contribution < 1.29 is 4.79 Å². The van der Waals surface area contributed by atoms with E-state index in [1.54, 1.807) is 0 Å². The first-order valence-corrected chi connectivity index (χ1v) is 6.21. The summed E-state index contributed by atoms with van der Waals surface area (Å²) in [4.78, 5) is 15.2. The third-order valence-electron chi connectivity index (χ3n) is 3.00. The normalized spacial score (nSPS) is 12.6. The van der Waals surface area contributed by atoms with Crippen molar-refractivity contribution in [1.29, 1.82) is 0 Å². The average molecular weight is 245 g/mol. The first kappa shape index (κ1) is 12.6. The fraction of sp³-hybridized carbons (Fsp3) is 0.357. The number of hydrogen-bond acceptors (Lipinski definition) is 2. The molecule has 3 N–H and O–H groups in total. The zero-order valence-corrected chi connectivity index (χ0v) is 10.8. The second-order valence-electron chi connectivity index (χ2n) is 4.62. The van der Waals surface area contributed by atoms with E-state index in [9.17, 15) is 4.79 Å². The number of carbonyl (C=O) groups is 1. The number of amides is 1. The first-order chi connectivity index (χ1) is 8.72. The Hall–Kier alpha value is -1.81. The fourth-order valence-electron chi connectivity index (χ4n) is 2.07. The summed E-state index contributed by atoms with van der Waals surface area (Å²) in [6.07, 6.45) is 1.85. The molecule has 18 heavy (non-hydrogen) atoms. The van der Waals surface area contributed by atoms with E-state index in [-0.39, 0.29) is 5.91 Å². The molecule has 96 valence electrons. The van der Waals surface area contributed by atoms with Crippen molar-refractivity contribution in [2.75, 3.05) is 20.1 Å². The number of benzene rings is 1. The van der Waals surface area contributed by atoms with Crippen LogP contribution in [0.4, 0.5) is 0 Å². The maximum Gasteiger partial charge on any atom is 0.251 e. The van der Waals surface area contributed by atoms with Crippen LogP contribution in [0, 0.1) is 5.92 Å². The van der Waals surface area contributed by atoms with E-state index < -0.39 is 0 Å². The van der Waals surface area contributed by atoms with Crippen molar-refractivity contribution in [2.45, 2.75) is 6.92 Å². The predicted octanol–water partition coefficient (Wildman–Crippen LogP) is 1.75. The van der Waals surface area contributed by atoms with Crippen LogP contribution in [0.15, 0.2) is 30.5 Å². The summed E-state index contributed by atoms with van der Waals surface area (Å²) in [7, 11) is 1.92. The minimum atomic E-state index is -0.0110. The van der Waals surface area contributed by atoms with Crippen molar-refractivity contribution in [2.24, 2.45) is 5.92 Å². The maximum atomic E-state index is 12.1. The van der Waals surface area contributed by atoms with Gasteiger partial charge in [-0.1, -0.05) is 13.0 Å². The van der Waals surface area contributed by atoms with Gasteiger partial charge in [0.25, 0.3) is 5.91 Å². The van der Waals surface area contributed by atoms with Gasteiger partial charge in [-0.3, -0.25) is 4.79 Å². The van der Waals surface area contributed by atoms with Gasteiger partial charge >= 0.3 is 0 Å². The van der Waals surface area contributed by atoms with Crippen molar-refractivity contribution in [1.82, 2.24) is 15.6 Å². The van der Waals surface area contributed by atoms with E-state index in [0.717, 1.165) is 23.0 Å². The van der Waals surface area contributed by atoms with Gasteiger partial charge in [-0.05, 0) is 37.7 Å². The molecule has 1 unspecified atom stereocenters. The van der Waals surface area contributed by atoms with Crippen LogP contribution in [-0.2, 0) is 0 Å². The smallest absolute Gasteiger partial charge is 0.251 e. The Labute approximate surface area is 107 Å². The molecular formula is C14H19N3O. The van der Waals surface area contributed by atoms with Gasteiger partial charge in [0.15, 0.2) is 0 Å². The second-order valence-corrected chi connectivity index (χ2v) is 4.62. The van der Waals surface area contributed by atoms with Crippen molar-refractivity contribution in [3.63, 3.8) is 0 Å². The molecule has 4 nitrogen and oxygen atoms in total. The molecule has 0 saturated carbocycles. The Bertz CT molecular complexity index is 533. The molecule has 1 amide bonds. The van der Waals surface area contributed by atoms with Crippen molar-refractivity contribution in [3.05, 3.63) is 36.0 Å². The molecule has 2 aromatic rings. The number of aromatic nitrogens is 1. The Kier molecular flexibility index (Phi) is 3.99. The highest BCUT2D eigenvalue weighted by molar-refractivity contribution is 6.06. The molecule has 0 aliphatic rings. The lowest BCUT2D eigenvalue weighted by Gasteiger charge is -2.12. The maximum absolute atomic E-state index is 12.1. The van der Waals surface area contributed by atoms with Gasteiger partial charge in [-0.15, -0.1) is 0 Å². The molecule has 4 heteroatoms. The monoisotopic (exact) mass is 245 g/mol. The molecule has 0 bridgehead atoms. The number of rotatable bonds is 5. The number of carbonyl (C=O) groups excluding carboxylic acids is 1. The van der Waals surface area contributed by atoms with Crippen LogP contribution < -0.4 is 10.6 Å². The van der Waals surface area contributed by atoms with Crippen molar-refractivity contribution in [3.8, 4) is 0 Å². The van der Waals surface area contributed by atoms with E-state index in [4.69, 9.17) is 0 Å². The summed E-state index contributed by atoms with van der Waals surface area (Å²) in [5.41, 5.74) is 1.72. The lowest BCUT2D eigenvalue weighted by molar-refractivity contribution is 0.0950. The molecule has 1 aromatic heterocycles. The summed E-state index contributed by atoms with van der Waals surface area (Å²) in [6.45, 7) is 3.68. The van der Waals surface area contributed by atoms with Crippen LogP contribution in [0.25, 0.3) is 10.9 Å². The van der Waals surface area contributed by atoms with Crippen LogP contribution in [0.2, 0.25) is 0 Å². The molecule has 1 aromatic carbocycles. The van der Waals surface area contributed by atoms with Crippen LogP contribution in [-0.4, -0.2) is 31.0 Å². The van der Waals surface area contributed by atoms with Gasteiger partial charge in [0.1, 0.15) is 0 Å². The van der Waals surface area contributed by atoms with Gasteiger partial charge in [-0.25, -0.2) is 0 Å². The van der Waals surface area contributed by atoms with E-state index >= 15 is 0 Å². The molecule has 0 aliphatic heterocycles. The number of nitrogens with one attached hydrogen (secondary N) is 3. The standard InChI is InChI=1S/C14H19N3O/c1-10(8-15-2)9-17-14(18)12-4-3-5-13-11(12)6-7-16-13/h3-7,10,15-16H,8-9H2,1-2H3,(H,17,18). The second kappa shape index (κ2) is 5.69. The highest BCUT2D eigenvalue weighted by Crippen LogP contribution is 2.17. The number of fused-ring (bicyclic) bond motifs is 1. The van der Waals surface area contributed by atoms with Gasteiger partial charge in [-0.2, -0.15) is 0 Å². The first-order valence-electron chi connectivity index (χ1n) is 6.21. The fourth-order valence-corrected chi connectivity index (χ4v) is 2.07. The Morgan fingerprint density at radius 1 is 1.33 bits per heavy atom. The molecule has 0 aliphatic carbocycles. The Morgan fingerprint density at radius 2 is 2.17 bits per heavy atom.